The zero-order valence-corrected chi connectivity index (χ0v) is 19.5. The first kappa shape index (κ1) is 22.5. The normalized spacial score (nSPS) is 11.3. The molecular formula is C23H28ClN3O2S. The van der Waals surface area contributed by atoms with Crippen molar-refractivity contribution in [2.24, 2.45) is 0 Å². The molecule has 0 aliphatic heterocycles. The molecule has 5 nitrogen and oxygen atoms in total. The summed E-state index contributed by atoms with van der Waals surface area (Å²) in [6.07, 6.45) is 0.240. The van der Waals surface area contributed by atoms with Crippen molar-refractivity contribution >= 4 is 44.2 Å². The highest BCUT2D eigenvalue weighted by molar-refractivity contribution is 7.22. The number of benzene rings is 2. The van der Waals surface area contributed by atoms with Gasteiger partial charge in [0.2, 0.25) is 5.91 Å². The molecule has 0 aliphatic carbocycles. The lowest BCUT2D eigenvalue weighted by Gasteiger charge is -2.25. The summed E-state index contributed by atoms with van der Waals surface area (Å²) in [6, 6.07) is 11.4. The minimum absolute atomic E-state index is 0.00840. The fourth-order valence-corrected chi connectivity index (χ4v) is 4.68. The summed E-state index contributed by atoms with van der Waals surface area (Å²) in [5.41, 5.74) is 2.75. The van der Waals surface area contributed by atoms with Gasteiger partial charge in [-0.1, -0.05) is 61.1 Å². The van der Waals surface area contributed by atoms with E-state index in [1.165, 1.54) is 11.3 Å². The third-order valence-electron chi connectivity index (χ3n) is 5.28. The number of thiazole rings is 1. The maximum Gasteiger partial charge on any atom is 0.233 e. The van der Waals surface area contributed by atoms with Crippen LogP contribution in [0.5, 0.6) is 5.75 Å². The molecule has 0 unspecified atom stereocenters. The van der Waals surface area contributed by atoms with E-state index >= 15 is 0 Å². The van der Waals surface area contributed by atoms with Crippen molar-refractivity contribution in [1.29, 1.82) is 0 Å². The number of carbonyl (C=O) groups excluding carboxylic acids is 1. The molecule has 7 heteroatoms. The van der Waals surface area contributed by atoms with Crippen molar-refractivity contribution in [3.63, 3.8) is 0 Å². The molecule has 0 saturated heterocycles. The van der Waals surface area contributed by atoms with Crippen LogP contribution in [0.15, 0.2) is 36.4 Å². The standard InChI is InChI=1S/C23H28ClN3O2S/c1-5-26(6-2)13-14-27(20(28)15-17-9-7-8-10-18(17)24)23-25-21-19(29-4)12-11-16(3)22(21)30-23/h7-12H,5-6,13-15H2,1-4H3. The number of halogens is 1. The SMILES string of the molecule is CCN(CC)CCN(C(=O)Cc1ccccc1Cl)c1nc2c(OC)ccc(C)c2s1. The Labute approximate surface area is 187 Å². The van der Waals surface area contributed by atoms with Gasteiger partial charge in [0.25, 0.3) is 0 Å². The second-order valence-electron chi connectivity index (χ2n) is 7.10. The molecule has 1 aromatic heterocycles. The zero-order valence-electron chi connectivity index (χ0n) is 17.9. The molecular weight excluding hydrogens is 418 g/mol. The molecule has 160 valence electrons. The Morgan fingerprint density at radius 2 is 1.87 bits per heavy atom. The van der Waals surface area contributed by atoms with Crippen molar-refractivity contribution in [1.82, 2.24) is 9.88 Å². The second kappa shape index (κ2) is 10.2. The summed E-state index contributed by atoms with van der Waals surface area (Å²) in [5.74, 6) is 0.714. The smallest absolute Gasteiger partial charge is 0.233 e. The number of anilines is 1. The van der Waals surface area contributed by atoms with Gasteiger partial charge in [0.15, 0.2) is 5.13 Å². The van der Waals surface area contributed by atoms with E-state index in [1.807, 2.05) is 36.4 Å². The lowest BCUT2D eigenvalue weighted by molar-refractivity contribution is -0.118. The molecule has 0 spiro atoms. The van der Waals surface area contributed by atoms with E-state index in [0.29, 0.717) is 16.7 Å². The molecule has 0 saturated carbocycles. The number of aryl methyl sites for hydroxylation is 1. The van der Waals surface area contributed by atoms with Crippen LogP contribution in [-0.4, -0.2) is 49.1 Å². The van der Waals surface area contributed by atoms with Crippen LogP contribution in [0.25, 0.3) is 10.2 Å². The highest BCUT2D eigenvalue weighted by Crippen LogP contribution is 2.36. The van der Waals surface area contributed by atoms with E-state index < -0.39 is 0 Å². The van der Waals surface area contributed by atoms with Crippen LogP contribution in [-0.2, 0) is 11.2 Å². The predicted molar refractivity (Wildman–Crippen MR) is 126 cm³/mol. The third-order valence-corrected chi connectivity index (χ3v) is 6.86. The first-order valence-electron chi connectivity index (χ1n) is 10.2. The summed E-state index contributed by atoms with van der Waals surface area (Å²) < 4.78 is 6.54. The maximum absolute atomic E-state index is 13.4. The Bertz CT molecular complexity index is 1020. The minimum Gasteiger partial charge on any atom is -0.494 e. The molecule has 3 aromatic rings. The Kier molecular flexibility index (Phi) is 7.69. The number of likely N-dealkylation sites (N-methyl/N-ethyl adjacent to an activating group) is 1. The number of rotatable bonds is 9. The number of hydrogen-bond acceptors (Lipinski definition) is 5. The monoisotopic (exact) mass is 445 g/mol. The Balaban J connectivity index is 1.96. The summed E-state index contributed by atoms with van der Waals surface area (Å²) >= 11 is 7.84. The van der Waals surface area contributed by atoms with Gasteiger partial charge >= 0.3 is 0 Å². The van der Waals surface area contributed by atoms with Crippen LogP contribution in [0.3, 0.4) is 0 Å². The van der Waals surface area contributed by atoms with Gasteiger partial charge in [-0.25, -0.2) is 4.98 Å². The van der Waals surface area contributed by atoms with Crippen molar-refractivity contribution in [2.45, 2.75) is 27.2 Å². The van der Waals surface area contributed by atoms with Crippen LogP contribution in [0.4, 0.5) is 5.13 Å². The van der Waals surface area contributed by atoms with Gasteiger partial charge in [-0.05, 0) is 43.3 Å². The number of ether oxygens (including phenoxy) is 1. The first-order chi connectivity index (χ1) is 14.5. The largest absolute Gasteiger partial charge is 0.494 e. The summed E-state index contributed by atoms with van der Waals surface area (Å²) in [5, 5.41) is 1.30. The fourth-order valence-electron chi connectivity index (χ4n) is 3.39. The molecule has 0 bridgehead atoms. The number of hydrogen-bond donors (Lipinski definition) is 0. The first-order valence-corrected chi connectivity index (χ1v) is 11.4. The predicted octanol–water partition coefficient (Wildman–Crippen LogP) is 5.18. The lowest BCUT2D eigenvalue weighted by Crippen LogP contribution is -2.39. The lowest BCUT2D eigenvalue weighted by atomic mass is 10.1. The quantitative estimate of drug-likeness (QED) is 0.455. The highest BCUT2D eigenvalue weighted by Gasteiger charge is 2.23. The molecule has 1 heterocycles. The molecule has 0 N–H and O–H groups in total. The number of fused-ring (bicyclic) bond motifs is 1. The van der Waals surface area contributed by atoms with Crippen LogP contribution in [0.2, 0.25) is 5.02 Å². The Morgan fingerprint density at radius 3 is 2.53 bits per heavy atom. The van der Waals surface area contributed by atoms with E-state index in [2.05, 4.69) is 25.7 Å². The van der Waals surface area contributed by atoms with Crippen molar-refractivity contribution in [3.8, 4) is 5.75 Å². The molecule has 0 atom stereocenters. The van der Waals surface area contributed by atoms with E-state index in [4.69, 9.17) is 21.3 Å². The third kappa shape index (κ3) is 4.94. The molecule has 1 amide bonds. The van der Waals surface area contributed by atoms with E-state index in [0.717, 1.165) is 46.7 Å². The van der Waals surface area contributed by atoms with Crippen molar-refractivity contribution < 1.29 is 9.53 Å². The summed E-state index contributed by atoms with van der Waals surface area (Å²) in [4.78, 5) is 22.3. The molecule has 3 rings (SSSR count). The van der Waals surface area contributed by atoms with Gasteiger partial charge in [-0.3, -0.25) is 9.69 Å². The van der Waals surface area contributed by atoms with E-state index in [-0.39, 0.29) is 12.3 Å². The number of aromatic nitrogens is 1. The number of carbonyl (C=O) groups is 1. The molecule has 0 radical (unpaired) electrons. The Hall–Kier alpha value is -2.15. The van der Waals surface area contributed by atoms with Gasteiger partial charge < -0.3 is 9.64 Å². The second-order valence-corrected chi connectivity index (χ2v) is 8.48. The Morgan fingerprint density at radius 1 is 1.13 bits per heavy atom. The molecule has 2 aromatic carbocycles. The average Bonchev–Trinajstić information content (AvgIpc) is 3.19. The van der Waals surface area contributed by atoms with Crippen molar-refractivity contribution in [2.75, 3.05) is 38.2 Å². The zero-order chi connectivity index (χ0) is 21.7. The number of methoxy groups -OCH3 is 1. The van der Waals surface area contributed by atoms with Crippen LogP contribution >= 0.6 is 22.9 Å². The number of amides is 1. The maximum atomic E-state index is 13.4. The highest BCUT2D eigenvalue weighted by atomic mass is 35.5. The molecule has 30 heavy (non-hydrogen) atoms. The molecule has 0 fully saturated rings. The topological polar surface area (TPSA) is 45.7 Å². The summed E-state index contributed by atoms with van der Waals surface area (Å²) in [6.45, 7) is 9.55. The van der Waals surface area contributed by atoms with Crippen LogP contribution in [0, 0.1) is 6.92 Å². The summed E-state index contributed by atoms with van der Waals surface area (Å²) in [7, 11) is 1.64. The van der Waals surface area contributed by atoms with Crippen LogP contribution in [0.1, 0.15) is 25.0 Å². The minimum atomic E-state index is -0.00840. The van der Waals surface area contributed by atoms with Gasteiger partial charge in [-0.2, -0.15) is 0 Å². The van der Waals surface area contributed by atoms with Gasteiger partial charge in [0.05, 0.1) is 18.2 Å². The van der Waals surface area contributed by atoms with E-state index in [9.17, 15) is 4.79 Å². The average molecular weight is 446 g/mol. The van der Waals surface area contributed by atoms with Crippen molar-refractivity contribution in [3.05, 3.63) is 52.5 Å². The van der Waals surface area contributed by atoms with Gasteiger partial charge in [-0.15, -0.1) is 0 Å². The van der Waals surface area contributed by atoms with Gasteiger partial charge in [0.1, 0.15) is 11.3 Å². The van der Waals surface area contributed by atoms with E-state index in [1.54, 1.807) is 12.0 Å². The van der Waals surface area contributed by atoms with Crippen LogP contribution < -0.4 is 9.64 Å². The fraction of sp³-hybridized carbons (Fsp3) is 0.391. The van der Waals surface area contributed by atoms with Gasteiger partial charge in [0, 0.05) is 18.1 Å². The number of nitrogens with zero attached hydrogens (tertiary/aromatic N) is 3. The molecule has 0 aliphatic rings.